The molecular weight excluding hydrogens is 198 g/mol. The number of nitrogens with two attached hydrogens (primary N) is 1. The Balaban J connectivity index is 2.16. The van der Waals surface area contributed by atoms with Gasteiger partial charge in [0.25, 0.3) is 0 Å². The highest BCUT2D eigenvalue weighted by Crippen LogP contribution is 2.49. The van der Waals surface area contributed by atoms with E-state index >= 15 is 0 Å². The van der Waals surface area contributed by atoms with Crippen molar-refractivity contribution in [2.45, 2.75) is 76.2 Å². The molecule has 2 fully saturated rings. The summed E-state index contributed by atoms with van der Waals surface area (Å²) in [5.41, 5.74) is 5.65. The van der Waals surface area contributed by atoms with Crippen LogP contribution in [0.4, 0.5) is 0 Å². The molecule has 0 aromatic rings. The van der Waals surface area contributed by atoms with Crippen molar-refractivity contribution in [3.63, 3.8) is 0 Å². The predicted molar refractivity (Wildman–Crippen MR) is 67.2 cm³/mol. The molecule has 0 saturated heterocycles. The molecule has 0 radical (unpaired) electrons. The van der Waals surface area contributed by atoms with Crippen LogP contribution in [-0.2, 0) is 0 Å². The van der Waals surface area contributed by atoms with Gasteiger partial charge in [-0.05, 0) is 25.7 Å². The van der Waals surface area contributed by atoms with Gasteiger partial charge in [-0.1, -0.05) is 44.9 Å². The van der Waals surface area contributed by atoms with Gasteiger partial charge in [-0.25, -0.2) is 0 Å². The first-order chi connectivity index (χ1) is 7.72. The molecule has 0 aromatic carbocycles. The Morgan fingerprint density at radius 2 is 1.19 bits per heavy atom. The molecule has 0 amide bonds. The molecule has 94 valence electrons. The lowest BCUT2D eigenvalue weighted by molar-refractivity contribution is -0.109. The van der Waals surface area contributed by atoms with Gasteiger partial charge in [-0.2, -0.15) is 0 Å². The molecular formula is C14H27NO. The van der Waals surface area contributed by atoms with E-state index in [0.717, 1.165) is 25.7 Å². The number of aliphatic hydroxyl groups is 1. The largest absolute Gasteiger partial charge is 0.389 e. The minimum atomic E-state index is -0.446. The van der Waals surface area contributed by atoms with E-state index in [1.807, 2.05) is 0 Å². The molecule has 16 heavy (non-hydrogen) atoms. The summed E-state index contributed by atoms with van der Waals surface area (Å²) in [7, 11) is 0. The maximum atomic E-state index is 11.0. The molecule has 2 heteroatoms. The highest BCUT2D eigenvalue weighted by molar-refractivity contribution is 5.01. The molecule has 2 nitrogen and oxygen atoms in total. The van der Waals surface area contributed by atoms with Crippen molar-refractivity contribution in [1.29, 1.82) is 0 Å². The van der Waals surface area contributed by atoms with E-state index in [2.05, 4.69) is 0 Å². The lowest BCUT2D eigenvalue weighted by atomic mass is 9.60. The minimum absolute atomic E-state index is 0.0512. The van der Waals surface area contributed by atoms with Gasteiger partial charge in [-0.15, -0.1) is 0 Å². The monoisotopic (exact) mass is 225 g/mol. The van der Waals surface area contributed by atoms with Crippen LogP contribution in [0, 0.1) is 5.41 Å². The zero-order chi connectivity index (χ0) is 11.5. The first-order valence-corrected chi connectivity index (χ1v) is 7.15. The zero-order valence-electron chi connectivity index (χ0n) is 10.5. The average Bonchev–Trinajstić information content (AvgIpc) is 2.56. The second-order valence-electron chi connectivity index (χ2n) is 5.99. The van der Waals surface area contributed by atoms with Gasteiger partial charge in [0.15, 0.2) is 0 Å². The Morgan fingerprint density at radius 1 is 0.750 bits per heavy atom. The Bertz CT molecular complexity index is 213. The van der Waals surface area contributed by atoms with E-state index in [4.69, 9.17) is 5.73 Å². The minimum Gasteiger partial charge on any atom is -0.389 e. The zero-order valence-corrected chi connectivity index (χ0v) is 10.5. The summed E-state index contributed by atoms with van der Waals surface area (Å²) in [6.45, 7) is 0.684. The normalized spacial score (nSPS) is 29.6. The molecule has 2 aliphatic rings. The second kappa shape index (κ2) is 5.05. The van der Waals surface area contributed by atoms with Gasteiger partial charge in [0, 0.05) is 12.0 Å². The molecule has 0 unspecified atom stereocenters. The Hall–Kier alpha value is -0.0800. The summed E-state index contributed by atoms with van der Waals surface area (Å²) >= 11 is 0. The highest BCUT2D eigenvalue weighted by Gasteiger charge is 2.48. The first-order valence-electron chi connectivity index (χ1n) is 7.15. The molecule has 0 aliphatic heterocycles. The second-order valence-corrected chi connectivity index (χ2v) is 5.99. The summed E-state index contributed by atoms with van der Waals surface area (Å²) in [4.78, 5) is 0. The molecule has 0 spiro atoms. The summed E-state index contributed by atoms with van der Waals surface area (Å²) in [6, 6.07) is 0. The van der Waals surface area contributed by atoms with Crippen molar-refractivity contribution in [3.8, 4) is 0 Å². The number of hydrogen-bond donors (Lipinski definition) is 2. The van der Waals surface area contributed by atoms with E-state index in [-0.39, 0.29) is 5.41 Å². The average molecular weight is 225 g/mol. The van der Waals surface area contributed by atoms with Crippen LogP contribution in [0.5, 0.6) is 0 Å². The van der Waals surface area contributed by atoms with Crippen LogP contribution in [-0.4, -0.2) is 17.3 Å². The van der Waals surface area contributed by atoms with Crippen molar-refractivity contribution >= 4 is 0 Å². The van der Waals surface area contributed by atoms with Gasteiger partial charge in [0.1, 0.15) is 0 Å². The van der Waals surface area contributed by atoms with Crippen molar-refractivity contribution in [2.24, 2.45) is 11.1 Å². The smallest absolute Gasteiger partial charge is 0.0715 e. The van der Waals surface area contributed by atoms with E-state index < -0.39 is 5.60 Å². The lowest BCUT2D eigenvalue weighted by Gasteiger charge is -2.49. The SMILES string of the molecule is NCC1(C2(O)CCCCCC2)CCCCC1. The third-order valence-corrected chi connectivity index (χ3v) is 5.12. The maximum absolute atomic E-state index is 11.0. The quantitative estimate of drug-likeness (QED) is 0.710. The van der Waals surface area contributed by atoms with Gasteiger partial charge in [0.05, 0.1) is 5.60 Å². The van der Waals surface area contributed by atoms with Crippen LogP contribution >= 0.6 is 0 Å². The van der Waals surface area contributed by atoms with Gasteiger partial charge in [0.2, 0.25) is 0 Å². The topological polar surface area (TPSA) is 46.2 Å². The molecule has 3 N–H and O–H groups in total. The summed E-state index contributed by atoms with van der Waals surface area (Å²) in [6.07, 6.45) is 13.1. The van der Waals surface area contributed by atoms with Crippen LogP contribution in [0.15, 0.2) is 0 Å². The van der Waals surface area contributed by atoms with Crippen molar-refractivity contribution in [2.75, 3.05) is 6.54 Å². The Kier molecular flexibility index (Phi) is 3.91. The molecule has 2 saturated carbocycles. The van der Waals surface area contributed by atoms with Crippen LogP contribution < -0.4 is 5.73 Å². The first kappa shape index (κ1) is 12.4. The summed E-state index contributed by atoms with van der Waals surface area (Å²) < 4.78 is 0. The summed E-state index contributed by atoms with van der Waals surface area (Å²) in [5, 5.41) is 11.0. The fourth-order valence-electron chi connectivity index (χ4n) is 3.93. The lowest BCUT2D eigenvalue weighted by Crippen LogP contribution is -2.53. The van der Waals surface area contributed by atoms with E-state index in [0.29, 0.717) is 6.54 Å². The van der Waals surface area contributed by atoms with E-state index in [1.54, 1.807) is 0 Å². The van der Waals surface area contributed by atoms with E-state index in [1.165, 1.54) is 44.9 Å². The van der Waals surface area contributed by atoms with Crippen LogP contribution in [0.2, 0.25) is 0 Å². The predicted octanol–water partition coefficient (Wildman–Crippen LogP) is 2.98. The van der Waals surface area contributed by atoms with Gasteiger partial charge < -0.3 is 10.8 Å². The summed E-state index contributed by atoms with van der Waals surface area (Å²) in [5.74, 6) is 0. The molecule has 0 bridgehead atoms. The van der Waals surface area contributed by atoms with Crippen LogP contribution in [0.25, 0.3) is 0 Å². The van der Waals surface area contributed by atoms with E-state index in [9.17, 15) is 5.11 Å². The fraction of sp³-hybridized carbons (Fsp3) is 1.00. The van der Waals surface area contributed by atoms with Crippen molar-refractivity contribution < 1.29 is 5.11 Å². The fourth-order valence-corrected chi connectivity index (χ4v) is 3.93. The number of hydrogen-bond acceptors (Lipinski definition) is 2. The number of rotatable bonds is 2. The maximum Gasteiger partial charge on any atom is 0.0715 e. The third-order valence-electron chi connectivity index (χ3n) is 5.12. The third kappa shape index (κ3) is 2.14. The van der Waals surface area contributed by atoms with Crippen molar-refractivity contribution in [1.82, 2.24) is 0 Å². The Morgan fingerprint density at radius 3 is 1.69 bits per heavy atom. The molecule has 0 heterocycles. The van der Waals surface area contributed by atoms with Crippen LogP contribution in [0.1, 0.15) is 70.6 Å². The molecule has 0 atom stereocenters. The molecule has 2 aliphatic carbocycles. The van der Waals surface area contributed by atoms with Gasteiger partial charge >= 0.3 is 0 Å². The Labute approximate surface area is 99.6 Å². The molecule has 0 aromatic heterocycles. The van der Waals surface area contributed by atoms with Crippen LogP contribution in [0.3, 0.4) is 0 Å². The van der Waals surface area contributed by atoms with Crippen molar-refractivity contribution in [3.05, 3.63) is 0 Å². The van der Waals surface area contributed by atoms with Gasteiger partial charge in [-0.3, -0.25) is 0 Å². The highest BCUT2D eigenvalue weighted by atomic mass is 16.3. The standard InChI is InChI=1S/C14H27NO/c15-12-13(8-4-3-5-9-13)14(16)10-6-1-2-7-11-14/h16H,1-12,15H2. The molecule has 2 rings (SSSR count).